The van der Waals surface area contributed by atoms with Crippen molar-refractivity contribution in [2.75, 3.05) is 13.1 Å². The van der Waals surface area contributed by atoms with Crippen molar-refractivity contribution in [3.05, 3.63) is 10.1 Å². The van der Waals surface area contributed by atoms with Gasteiger partial charge in [0.15, 0.2) is 0 Å². The number of hydrogen-bond acceptors (Lipinski definition) is 7. The van der Waals surface area contributed by atoms with Crippen molar-refractivity contribution in [2.45, 2.75) is 83.8 Å². The molecule has 4 aliphatic carbocycles. The summed E-state index contributed by atoms with van der Waals surface area (Å²) >= 11 is 0. The molecule has 0 bridgehead atoms. The SMILES string of the molecule is C[C@]12CCC(=NO[C@@H]3CCNC3)CC1[C@@H](O[N+](=O)[O-])C[C@@H]1[C@@H]2CC[C@]2(C)C(=O)CC[C@@H]12.Cl. The first-order valence-electron chi connectivity index (χ1n) is 12.1. The van der Waals surface area contributed by atoms with Gasteiger partial charge in [-0.25, -0.2) is 0 Å². The number of rotatable bonds is 4. The van der Waals surface area contributed by atoms with Gasteiger partial charge < -0.3 is 15.0 Å². The molecule has 0 amide bonds. The van der Waals surface area contributed by atoms with E-state index < -0.39 is 11.2 Å². The number of halogens is 1. The summed E-state index contributed by atoms with van der Waals surface area (Å²) in [6.07, 6.45) is 7.47. The zero-order valence-electron chi connectivity index (χ0n) is 19.1. The molecule has 9 heteroatoms. The number of nitrogens with zero attached hydrogens (tertiary/aromatic N) is 2. The van der Waals surface area contributed by atoms with E-state index in [1.165, 1.54) is 0 Å². The number of nitrogens with one attached hydrogen (secondary N) is 1. The molecule has 32 heavy (non-hydrogen) atoms. The minimum Gasteiger partial charge on any atom is -0.391 e. The standard InChI is InChI=1S/C23H35N3O5.ClH/c1-22-8-5-14(25-30-15-7-10-24-13-15)11-19(22)20(31-26(28)29)12-16-17-3-4-21(27)23(17,2)9-6-18(16)22;/h15-20,24H,3-13H2,1-2H3;1H/t15-,16+,17+,18+,19?,20+,22-,23+;/m1./s1. The second-order valence-electron chi connectivity index (χ2n) is 11.1. The van der Waals surface area contributed by atoms with E-state index in [4.69, 9.17) is 9.68 Å². The summed E-state index contributed by atoms with van der Waals surface area (Å²) in [7, 11) is 0. The Morgan fingerprint density at radius 1 is 1.12 bits per heavy atom. The lowest BCUT2D eigenvalue weighted by Crippen LogP contribution is -2.58. The van der Waals surface area contributed by atoms with Gasteiger partial charge in [0.1, 0.15) is 18.0 Å². The van der Waals surface area contributed by atoms with E-state index in [1.807, 2.05) is 0 Å². The van der Waals surface area contributed by atoms with Gasteiger partial charge >= 0.3 is 0 Å². The van der Waals surface area contributed by atoms with Crippen LogP contribution in [0.15, 0.2) is 5.16 Å². The molecule has 0 aromatic carbocycles. The van der Waals surface area contributed by atoms with Crippen LogP contribution in [0.1, 0.15) is 71.6 Å². The van der Waals surface area contributed by atoms with E-state index in [1.54, 1.807) is 0 Å². The van der Waals surface area contributed by atoms with Crippen LogP contribution in [0.3, 0.4) is 0 Å². The third kappa shape index (κ3) is 3.81. The van der Waals surface area contributed by atoms with Crippen molar-refractivity contribution < 1.29 is 19.6 Å². The maximum atomic E-state index is 12.7. The minimum absolute atomic E-state index is 0. The van der Waals surface area contributed by atoms with Gasteiger partial charge in [-0.1, -0.05) is 19.0 Å². The van der Waals surface area contributed by atoms with Crippen molar-refractivity contribution in [3.8, 4) is 0 Å². The van der Waals surface area contributed by atoms with Crippen LogP contribution in [-0.2, 0) is 14.5 Å². The molecule has 180 valence electrons. The normalized spacial score (nSPS) is 46.6. The molecule has 0 aromatic heterocycles. The summed E-state index contributed by atoms with van der Waals surface area (Å²) in [5.41, 5.74) is 0.750. The number of oxime groups is 1. The third-order valence-corrected chi connectivity index (χ3v) is 9.77. The number of Topliss-reactive ketones (excluding diaryl/α,β-unsaturated/α-hetero) is 1. The van der Waals surface area contributed by atoms with Crippen LogP contribution in [0.5, 0.6) is 0 Å². The van der Waals surface area contributed by atoms with Crippen LogP contribution in [0.25, 0.3) is 0 Å². The Morgan fingerprint density at radius 3 is 2.66 bits per heavy atom. The molecule has 1 heterocycles. The van der Waals surface area contributed by atoms with Gasteiger partial charge in [-0.2, -0.15) is 0 Å². The quantitative estimate of drug-likeness (QED) is 0.494. The Labute approximate surface area is 195 Å². The lowest BCUT2D eigenvalue weighted by Gasteiger charge is -2.61. The summed E-state index contributed by atoms with van der Waals surface area (Å²) in [5.74, 6) is 1.62. The molecule has 1 aliphatic heterocycles. The zero-order valence-corrected chi connectivity index (χ0v) is 19.9. The molecular formula is C23H36ClN3O5. The predicted octanol–water partition coefficient (Wildman–Crippen LogP) is 3.94. The summed E-state index contributed by atoms with van der Waals surface area (Å²) in [5, 5.41) is 18.6. The molecule has 1 unspecified atom stereocenters. The van der Waals surface area contributed by atoms with Crippen LogP contribution in [0.4, 0.5) is 0 Å². The van der Waals surface area contributed by atoms with Gasteiger partial charge in [-0.05, 0) is 80.6 Å². The van der Waals surface area contributed by atoms with E-state index in [9.17, 15) is 14.9 Å². The number of ketones is 1. The minimum atomic E-state index is -0.612. The van der Waals surface area contributed by atoms with E-state index in [-0.39, 0.29) is 35.3 Å². The summed E-state index contributed by atoms with van der Waals surface area (Å²) in [4.78, 5) is 35.2. The van der Waals surface area contributed by atoms with E-state index in [2.05, 4.69) is 24.3 Å². The second-order valence-corrected chi connectivity index (χ2v) is 11.1. The fourth-order valence-electron chi connectivity index (χ4n) is 8.02. The number of carbonyl (C=O) groups is 1. The van der Waals surface area contributed by atoms with Gasteiger partial charge in [0.2, 0.25) is 0 Å². The third-order valence-electron chi connectivity index (χ3n) is 9.77. The first kappa shape index (κ1) is 23.7. The Balaban J connectivity index is 0.00000245. The highest BCUT2D eigenvalue weighted by Gasteiger charge is 2.62. The number of fused-ring (bicyclic) bond motifs is 5. The molecule has 8 atom stereocenters. The summed E-state index contributed by atoms with van der Waals surface area (Å²) in [6.45, 7) is 6.25. The molecule has 5 fully saturated rings. The molecule has 0 aromatic rings. The number of hydrogen-bond donors (Lipinski definition) is 1. The second kappa shape index (κ2) is 8.75. The zero-order chi connectivity index (χ0) is 21.8. The molecule has 1 N–H and O–H groups in total. The Hall–Kier alpha value is -1.41. The summed E-state index contributed by atoms with van der Waals surface area (Å²) < 4.78 is 0. The van der Waals surface area contributed by atoms with E-state index in [0.717, 1.165) is 57.3 Å². The molecule has 8 nitrogen and oxygen atoms in total. The van der Waals surface area contributed by atoms with Crippen LogP contribution < -0.4 is 5.32 Å². The monoisotopic (exact) mass is 469 g/mol. The Morgan fingerprint density at radius 2 is 1.94 bits per heavy atom. The van der Waals surface area contributed by atoms with Crippen LogP contribution in [-0.4, -0.2) is 41.9 Å². The predicted molar refractivity (Wildman–Crippen MR) is 121 cm³/mol. The maximum absolute atomic E-state index is 12.7. The van der Waals surface area contributed by atoms with Gasteiger partial charge in [0.05, 0.1) is 5.71 Å². The van der Waals surface area contributed by atoms with Gasteiger partial charge in [-0.15, -0.1) is 22.5 Å². The van der Waals surface area contributed by atoms with E-state index in [0.29, 0.717) is 42.8 Å². The highest BCUT2D eigenvalue weighted by molar-refractivity contribution is 5.87. The van der Waals surface area contributed by atoms with Crippen molar-refractivity contribution in [1.82, 2.24) is 5.32 Å². The van der Waals surface area contributed by atoms with Gasteiger partial charge in [0, 0.05) is 24.8 Å². The van der Waals surface area contributed by atoms with Crippen molar-refractivity contribution in [2.24, 2.45) is 39.7 Å². The highest BCUT2D eigenvalue weighted by Crippen LogP contribution is 2.65. The largest absolute Gasteiger partial charge is 0.391 e. The molecule has 0 spiro atoms. The molecule has 5 aliphatic rings. The molecular weight excluding hydrogens is 434 g/mol. The first-order valence-corrected chi connectivity index (χ1v) is 12.1. The van der Waals surface area contributed by atoms with Gasteiger partial charge in [0.25, 0.3) is 5.09 Å². The van der Waals surface area contributed by atoms with Gasteiger partial charge in [-0.3, -0.25) is 4.79 Å². The fraction of sp³-hybridized carbons (Fsp3) is 0.913. The first-order chi connectivity index (χ1) is 14.8. The highest BCUT2D eigenvalue weighted by atomic mass is 35.5. The molecule has 5 rings (SSSR count). The molecule has 0 radical (unpaired) electrons. The smallest absolute Gasteiger partial charge is 0.294 e. The van der Waals surface area contributed by atoms with Crippen LogP contribution in [0.2, 0.25) is 0 Å². The Bertz CT molecular complexity index is 788. The average Bonchev–Trinajstić information content (AvgIpc) is 3.35. The van der Waals surface area contributed by atoms with Crippen LogP contribution >= 0.6 is 12.4 Å². The van der Waals surface area contributed by atoms with Crippen LogP contribution in [0, 0.1) is 44.6 Å². The number of carbonyl (C=O) groups excluding carboxylic acids is 1. The fourth-order valence-corrected chi connectivity index (χ4v) is 8.02. The molecule has 1 saturated heterocycles. The lowest BCUT2D eigenvalue weighted by atomic mass is 9.44. The average molecular weight is 470 g/mol. The van der Waals surface area contributed by atoms with Crippen molar-refractivity contribution in [3.63, 3.8) is 0 Å². The van der Waals surface area contributed by atoms with Crippen molar-refractivity contribution >= 4 is 23.9 Å². The van der Waals surface area contributed by atoms with Crippen molar-refractivity contribution in [1.29, 1.82) is 0 Å². The topological polar surface area (TPSA) is 103 Å². The van der Waals surface area contributed by atoms with E-state index >= 15 is 0 Å². The molecule has 4 saturated carbocycles. The maximum Gasteiger partial charge on any atom is 0.294 e. The lowest BCUT2D eigenvalue weighted by molar-refractivity contribution is -0.772. The summed E-state index contributed by atoms with van der Waals surface area (Å²) in [6, 6.07) is 0. The Kier molecular flexibility index (Phi) is 6.49.